The highest BCUT2D eigenvalue weighted by atomic mass is 16.2. The molecule has 0 aromatic carbocycles. The Balaban J connectivity index is 2.16. The van der Waals surface area contributed by atoms with Gasteiger partial charge in [-0.25, -0.2) is 0 Å². The summed E-state index contributed by atoms with van der Waals surface area (Å²) in [5.74, 6) is 0.0379. The number of hydrogen-bond donors (Lipinski definition) is 1. The number of pyridine rings is 1. The van der Waals surface area contributed by atoms with E-state index in [4.69, 9.17) is 5.73 Å². The Morgan fingerprint density at radius 3 is 2.83 bits per heavy atom. The Hall–Kier alpha value is -1.58. The molecule has 0 bridgehead atoms. The Bertz CT molecular complexity index is 441. The molecule has 0 radical (unpaired) electrons. The van der Waals surface area contributed by atoms with Crippen LogP contribution in [0.25, 0.3) is 0 Å². The molecule has 1 aromatic heterocycles. The molecule has 1 aliphatic carbocycles. The van der Waals surface area contributed by atoms with Crippen molar-refractivity contribution in [3.05, 3.63) is 23.5 Å². The van der Waals surface area contributed by atoms with E-state index in [1.54, 1.807) is 12.3 Å². The van der Waals surface area contributed by atoms with Crippen molar-refractivity contribution in [2.45, 2.75) is 45.6 Å². The van der Waals surface area contributed by atoms with Gasteiger partial charge < -0.3 is 10.6 Å². The first-order valence-corrected chi connectivity index (χ1v) is 6.66. The van der Waals surface area contributed by atoms with Gasteiger partial charge in [-0.15, -0.1) is 0 Å². The minimum Gasteiger partial charge on any atom is -0.398 e. The van der Waals surface area contributed by atoms with Crippen LogP contribution in [0.5, 0.6) is 0 Å². The first-order valence-electron chi connectivity index (χ1n) is 6.66. The van der Waals surface area contributed by atoms with Gasteiger partial charge in [-0.05, 0) is 32.3 Å². The molecule has 2 rings (SSSR count). The van der Waals surface area contributed by atoms with E-state index < -0.39 is 0 Å². The van der Waals surface area contributed by atoms with Crippen molar-refractivity contribution in [3.63, 3.8) is 0 Å². The van der Waals surface area contributed by atoms with Gasteiger partial charge in [0.05, 0.1) is 5.56 Å². The fraction of sp³-hybridized carbons (Fsp3) is 0.571. The molecule has 98 valence electrons. The fourth-order valence-corrected chi connectivity index (χ4v) is 2.08. The molecule has 1 fully saturated rings. The van der Waals surface area contributed by atoms with E-state index in [-0.39, 0.29) is 5.91 Å². The summed E-state index contributed by atoms with van der Waals surface area (Å²) in [4.78, 5) is 18.6. The number of aryl methyl sites for hydroxylation is 1. The summed E-state index contributed by atoms with van der Waals surface area (Å²) in [5, 5.41) is 0. The van der Waals surface area contributed by atoms with Crippen molar-refractivity contribution in [1.29, 1.82) is 0 Å². The standard InChI is InChI=1S/C14H21N3O/c1-3-4-7-17(11-5-6-11)14(18)12-9-16-10(2)8-13(12)15/h8-9,11H,3-7H2,1-2H3,(H2,15,16). The van der Waals surface area contributed by atoms with Crippen LogP contribution in [0.1, 0.15) is 48.7 Å². The Morgan fingerprint density at radius 2 is 2.28 bits per heavy atom. The summed E-state index contributed by atoms with van der Waals surface area (Å²) in [6, 6.07) is 2.18. The zero-order valence-electron chi connectivity index (χ0n) is 11.1. The maximum Gasteiger partial charge on any atom is 0.257 e. The maximum absolute atomic E-state index is 12.5. The van der Waals surface area contributed by atoms with Gasteiger partial charge >= 0.3 is 0 Å². The molecular weight excluding hydrogens is 226 g/mol. The SMILES string of the molecule is CCCCN(C(=O)c1cnc(C)cc1N)C1CC1. The third-order valence-corrected chi connectivity index (χ3v) is 3.30. The van der Waals surface area contributed by atoms with Gasteiger partial charge in [-0.1, -0.05) is 13.3 Å². The van der Waals surface area contributed by atoms with E-state index in [2.05, 4.69) is 11.9 Å². The lowest BCUT2D eigenvalue weighted by atomic mass is 10.1. The minimum absolute atomic E-state index is 0.0379. The Kier molecular flexibility index (Phi) is 3.84. The van der Waals surface area contributed by atoms with Gasteiger partial charge in [-0.2, -0.15) is 0 Å². The quantitative estimate of drug-likeness (QED) is 0.869. The monoisotopic (exact) mass is 247 g/mol. The second-order valence-corrected chi connectivity index (χ2v) is 5.00. The topological polar surface area (TPSA) is 59.2 Å². The number of carbonyl (C=O) groups excluding carboxylic acids is 1. The van der Waals surface area contributed by atoms with Gasteiger partial charge in [-0.3, -0.25) is 9.78 Å². The summed E-state index contributed by atoms with van der Waals surface area (Å²) in [7, 11) is 0. The second-order valence-electron chi connectivity index (χ2n) is 5.00. The number of nitrogens with two attached hydrogens (primary N) is 1. The molecule has 0 saturated heterocycles. The zero-order valence-corrected chi connectivity index (χ0v) is 11.1. The largest absolute Gasteiger partial charge is 0.398 e. The van der Waals surface area contributed by atoms with Gasteiger partial charge in [0, 0.05) is 30.2 Å². The van der Waals surface area contributed by atoms with Crippen LogP contribution in [-0.4, -0.2) is 28.4 Å². The number of aromatic nitrogens is 1. The van der Waals surface area contributed by atoms with Crippen LogP contribution in [-0.2, 0) is 0 Å². The lowest BCUT2D eigenvalue weighted by molar-refractivity contribution is 0.0741. The molecule has 0 spiro atoms. The normalized spacial score (nSPS) is 14.6. The summed E-state index contributed by atoms with van der Waals surface area (Å²) in [6.07, 6.45) is 5.98. The highest BCUT2D eigenvalue weighted by molar-refractivity contribution is 5.99. The third kappa shape index (κ3) is 2.81. The highest BCUT2D eigenvalue weighted by Gasteiger charge is 2.33. The van der Waals surface area contributed by atoms with Crippen LogP contribution in [0.2, 0.25) is 0 Å². The van der Waals surface area contributed by atoms with E-state index in [0.29, 0.717) is 17.3 Å². The van der Waals surface area contributed by atoms with Crippen LogP contribution >= 0.6 is 0 Å². The molecule has 1 amide bonds. The number of nitrogen functional groups attached to an aromatic ring is 1. The molecular formula is C14H21N3O. The van der Waals surface area contributed by atoms with Crippen LogP contribution in [0.3, 0.4) is 0 Å². The molecule has 4 heteroatoms. The lowest BCUT2D eigenvalue weighted by Gasteiger charge is -2.22. The fourth-order valence-electron chi connectivity index (χ4n) is 2.08. The molecule has 0 aliphatic heterocycles. The highest BCUT2D eigenvalue weighted by Crippen LogP contribution is 2.29. The molecule has 1 saturated carbocycles. The van der Waals surface area contributed by atoms with Crippen molar-refractivity contribution < 1.29 is 4.79 Å². The number of hydrogen-bond acceptors (Lipinski definition) is 3. The predicted molar refractivity (Wildman–Crippen MR) is 72.4 cm³/mol. The van der Waals surface area contributed by atoms with E-state index in [1.807, 2.05) is 11.8 Å². The number of unbranched alkanes of at least 4 members (excludes halogenated alkanes) is 1. The maximum atomic E-state index is 12.5. The molecule has 0 atom stereocenters. The van der Waals surface area contributed by atoms with Crippen LogP contribution in [0.15, 0.2) is 12.3 Å². The van der Waals surface area contributed by atoms with Crippen molar-refractivity contribution >= 4 is 11.6 Å². The molecule has 2 N–H and O–H groups in total. The average molecular weight is 247 g/mol. The first kappa shape index (κ1) is 12.9. The van der Waals surface area contributed by atoms with Crippen molar-refractivity contribution in [2.75, 3.05) is 12.3 Å². The Morgan fingerprint density at radius 1 is 1.56 bits per heavy atom. The molecule has 4 nitrogen and oxygen atoms in total. The minimum atomic E-state index is 0.0379. The van der Waals surface area contributed by atoms with Crippen LogP contribution in [0, 0.1) is 6.92 Å². The number of nitrogens with zero attached hydrogens (tertiary/aromatic N) is 2. The lowest BCUT2D eigenvalue weighted by Crippen LogP contribution is -2.34. The number of rotatable bonds is 5. The Labute approximate surface area is 108 Å². The third-order valence-electron chi connectivity index (χ3n) is 3.30. The average Bonchev–Trinajstić information content (AvgIpc) is 3.13. The van der Waals surface area contributed by atoms with E-state index in [1.165, 1.54) is 0 Å². The van der Waals surface area contributed by atoms with Crippen molar-refractivity contribution in [3.8, 4) is 0 Å². The molecule has 1 aliphatic rings. The van der Waals surface area contributed by atoms with Crippen molar-refractivity contribution in [1.82, 2.24) is 9.88 Å². The van der Waals surface area contributed by atoms with Crippen LogP contribution < -0.4 is 5.73 Å². The molecule has 0 unspecified atom stereocenters. The van der Waals surface area contributed by atoms with Gasteiger partial charge in [0.1, 0.15) is 0 Å². The van der Waals surface area contributed by atoms with Crippen LogP contribution in [0.4, 0.5) is 5.69 Å². The molecule has 1 heterocycles. The van der Waals surface area contributed by atoms with Gasteiger partial charge in [0.15, 0.2) is 0 Å². The van der Waals surface area contributed by atoms with Crippen molar-refractivity contribution in [2.24, 2.45) is 0 Å². The number of amides is 1. The second kappa shape index (κ2) is 5.38. The summed E-state index contributed by atoms with van der Waals surface area (Å²) < 4.78 is 0. The number of carbonyl (C=O) groups is 1. The summed E-state index contributed by atoms with van der Waals surface area (Å²) >= 11 is 0. The predicted octanol–water partition coefficient (Wildman–Crippen LogP) is 2.38. The smallest absolute Gasteiger partial charge is 0.257 e. The summed E-state index contributed by atoms with van der Waals surface area (Å²) in [6.45, 7) is 4.84. The van der Waals surface area contributed by atoms with Gasteiger partial charge in [0.2, 0.25) is 0 Å². The molecule has 1 aromatic rings. The van der Waals surface area contributed by atoms with E-state index in [0.717, 1.165) is 37.9 Å². The van der Waals surface area contributed by atoms with E-state index >= 15 is 0 Å². The van der Waals surface area contributed by atoms with Gasteiger partial charge in [0.25, 0.3) is 5.91 Å². The number of anilines is 1. The first-order chi connectivity index (χ1) is 8.63. The molecule has 18 heavy (non-hydrogen) atoms. The van der Waals surface area contributed by atoms with E-state index in [9.17, 15) is 4.79 Å². The zero-order chi connectivity index (χ0) is 13.1. The summed E-state index contributed by atoms with van der Waals surface area (Å²) in [5.41, 5.74) is 7.85.